The second-order valence-electron chi connectivity index (χ2n) is 3.56. The third-order valence-electron chi connectivity index (χ3n) is 2.01. The van der Waals surface area contributed by atoms with Crippen molar-refractivity contribution in [1.29, 1.82) is 0 Å². The summed E-state index contributed by atoms with van der Waals surface area (Å²) in [6.45, 7) is 12.2. The summed E-state index contributed by atoms with van der Waals surface area (Å²) in [5.74, 6) is -0.712. The van der Waals surface area contributed by atoms with Gasteiger partial charge in [-0.05, 0) is 5.92 Å². The largest absolute Gasteiger partial charge is 0.480 e. The first-order valence-corrected chi connectivity index (χ1v) is 4.73. The zero-order valence-electron chi connectivity index (χ0n) is 8.94. The maximum Gasteiger partial charge on any atom is 0.321 e. The molecule has 3 heteroatoms. The Morgan fingerprint density at radius 3 is 2.00 bits per heavy atom. The fraction of sp³-hybridized carbons (Fsp3) is 0.545. The molecule has 0 aliphatic heterocycles. The molecule has 0 spiro atoms. The molecular formula is C11H19NO2. The van der Waals surface area contributed by atoms with Crippen LogP contribution in [-0.2, 0) is 4.79 Å². The zero-order valence-corrected chi connectivity index (χ0v) is 8.94. The number of hydrogen-bond acceptors (Lipinski definition) is 2. The molecule has 0 saturated heterocycles. The van der Waals surface area contributed by atoms with Gasteiger partial charge in [0.15, 0.2) is 0 Å². The van der Waals surface area contributed by atoms with Gasteiger partial charge in [-0.25, -0.2) is 0 Å². The lowest BCUT2D eigenvalue weighted by atomic mass is 10.0. The van der Waals surface area contributed by atoms with Crippen molar-refractivity contribution in [1.82, 2.24) is 4.90 Å². The van der Waals surface area contributed by atoms with Gasteiger partial charge in [-0.1, -0.05) is 26.0 Å². The summed E-state index contributed by atoms with van der Waals surface area (Å²) in [7, 11) is 0. The minimum atomic E-state index is -0.788. The first kappa shape index (κ1) is 12.9. The predicted molar refractivity (Wildman–Crippen MR) is 58.2 cm³/mol. The Morgan fingerprint density at radius 2 is 1.79 bits per heavy atom. The molecular weight excluding hydrogens is 178 g/mol. The molecule has 3 nitrogen and oxygen atoms in total. The van der Waals surface area contributed by atoms with Crippen LogP contribution in [0.4, 0.5) is 0 Å². The minimum Gasteiger partial charge on any atom is -0.480 e. The molecule has 0 bridgehead atoms. The Labute approximate surface area is 85.7 Å². The van der Waals surface area contributed by atoms with Crippen molar-refractivity contribution >= 4 is 5.97 Å². The molecule has 0 aromatic heterocycles. The summed E-state index contributed by atoms with van der Waals surface area (Å²) in [4.78, 5) is 12.9. The first-order valence-electron chi connectivity index (χ1n) is 4.73. The van der Waals surface area contributed by atoms with Crippen molar-refractivity contribution in [3.63, 3.8) is 0 Å². The van der Waals surface area contributed by atoms with Gasteiger partial charge in [0.25, 0.3) is 0 Å². The first-order chi connectivity index (χ1) is 6.54. The highest BCUT2D eigenvalue weighted by atomic mass is 16.4. The van der Waals surface area contributed by atoms with Crippen LogP contribution in [0.25, 0.3) is 0 Å². The van der Waals surface area contributed by atoms with E-state index in [0.29, 0.717) is 13.1 Å². The molecule has 0 amide bonds. The Hall–Kier alpha value is -1.09. The number of carboxylic acid groups (broad SMARTS) is 1. The highest BCUT2D eigenvalue weighted by molar-refractivity contribution is 5.73. The van der Waals surface area contributed by atoms with Crippen molar-refractivity contribution in [2.24, 2.45) is 5.92 Å². The monoisotopic (exact) mass is 197 g/mol. The molecule has 0 heterocycles. The molecule has 0 aromatic carbocycles. The van der Waals surface area contributed by atoms with Crippen LogP contribution in [0.2, 0.25) is 0 Å². The van der Waals surface area contributed by atoms with Crippen LogP contribution in [0, 0.1) is 5.92 Å². The fourth-order valence-corrected chi connectivity index (χ4v) is 1.50. The maximum absolute atomic E-state index is 11.0. The van der Waals surface area contributed by atoms with Gasteiger partial charge < -0.3 is 5.11 Å². The smallest absolute Gasteiger partial charge is 0.321 e. The van der Waals surface area contributed by atoms with E-state index in [1.165, 1.54) is 0 Å². The van der Waals surface area contributed by atoms with Gasteiger partial charge in [-0.2, -0.15) is 0 Å². The van der Waals surface area contributed by atoms with Gasteiger partial charge in [0.2, 0.25) is 0 Å². The van der Waals surface area contributed by atoms with E-state index in [4.69, 9.17) is 5.11 Å². The van der Waals surface area contributed by atoms with Crippen molar-refractivity contribution in [3.05, 3.63) is 25.3 Å². The second kappa shape index (κ2) is 6.38. The predicted octanol–water partition coefficient (Wildman–Crippen LogP) is 1.77. The average Bonchev–Trinajstić information content (AvgIpc) is 2.03. The molecule has 0 aliphatic carbocycles. The number of hydrogen-bond donors (Lipinski definition) is 1. The Balaban J connectivity index is 4.61. The number of rotatable bonds is 7. The Bertz CT molecular complexity index is 201. The van der Waals surface area contributed by atoms with E-state index in [1.807, 2.05) is 18.7 Å². The summed E-state index contributed by atoms with van der Waals surface area (Å²) in [5, 5.41) is 9.06. The molecule has 0 aliphatic rings. The Kier molecular flexibility index (Phi) is 5.88. The zero-order chi connectivity index (χ0) is 11.1. The van der Waals surface area contributed by atoms with Crippen molar-refractivity contribution < 1.29 is 9.90 Å². The van der Waals surface area contributed by atoms with Crippen molar-refractivity contribution in [3.8, 4) is 0 Å². The third-order valence-corrected chi connectivity index (χ3v) is 2.01. The van der Waals surface area contributed by atoms with Crippen LogP contribution in [0.3, 0.4) is 0 Å². The van der Waals surface area contributed by atoms with Crippen LogP contribution < -0.4 is 0 Å². The van der Waals surface area contributed by atoms with E-state index < -0.39 is 12.0 Å². The van der Waals surface area contributed by atoms with E-state index in [2.05, 4.69) is 13.2 Å². The van der Waals surface area contributed by atoms with Gasteiger partial charge in [-0.15, -0.1) is 13.2 Å². The van der Waals surface area contributed by atoms with Crippen LogP contribution in [0.1, 0.15) is 13.8 Å². The van der Waals surface area contributed by atoms with Gasteiger partial charge in [0, 0.05) is 13.1 Å². The number of nitrogens with zero attached hydrogens (tertiary/aromatic N) is 1. The van der Waals surface area contributed by atoms with E-state index in [1.54, 1.807) is 12.2 Å². The lowest BCUT2D eigenvalue weighted by Gasteiger charge is -2.29. The number of carbonyl (C=O) groups is 1. The van der Waals surface area contributed by atoms with Crippen molar-refractivity contribution in [2.45, 2.75) is 19.9 Å². The highest BCUT2D eigenvalue weighted by Gasteiger charge is 2.26. The fourth-order valence-electron chi connectivity index (χ4n) is 1.50. The molecule has 1 atom stereocenters. The molecule has 1 N–H and O–H groups in total. The van der Waals surface area contributed by atoms with E-state index in [9.17, 15) is 4.79 Å². The molecule has 80 valence electrons. The SMILES string of the molecule is C=CCN(CC=C)C(C(=O)O)C(C)C. The standard InChI is InChI=1S/C11H19NO2/c1-5-7-12(8-6-2)10(9(3)4)11(13)14/h5-6,9-10H,1-2,7-8H2,3-4H3,(H,13,14). The Morgan fingerprint density at radius 1 is 1.36 bits per heavy atom. The van der Waals surface area contributed by atoms with Gasteiger partial charge in [0.1, 0.15) is 6.04 Å². The van der Waals surface area contributed by atoms with E-state index in [0.717, 1.165) is 0 Å². The summed E-state index contributed by atoms with van der Waals surface area (Å²) >= 11 is 0. The summed E-state index contributed by atoms with van der Waals surface area (Å²) < 4.78 is 0. The molecule has 0 radical (unpaired) electrons. The third kappa shape index (κ3) is 3.75. The quantitative estimate of drug-likeness (QED) is 0.632. The maximum atomic E-state index is 11.0. The van der Waals surface area contributed by atoms with Gasteiger partial charge in [0.05, 0.1) is 0 Å². The van der Waals surface area contributed by atoms with Crippen LogP contribution in [0.15, 0.2) is 25.3 Å². The molecule has 0 saturated carbocycles. The van der Waals surface area contributed by atoms with E-state index in [-0.39, 0.29) is 5.92 Å². The van der Waals surface area contributed by atoms with Crippen LogP contribution in [0.5, 0.6) is 0 Å². The molecule has 0 rings (SSSR count). The summed E-state index contributed by atoms with van der Waals surface area (Å²) in [6, 6.07) is -0.467. The number of carboxylic acids is 1. The lowest BCUT2D eigenvalue weighted by molar-refractivity contribution is -0.144. The van der Waals surface area contributed by atoms with Crippen LogP contribution >= 0.6 is 0 Å². The lowest BCUT2D eigenvalue weighted by Crippen LogP contribution is -2.44. The summed E-state index contributed by atoms with van der Waals surface area (Å²) in [6.07, 6.45) is 3.42. The normalized spacial score (nSPS) is 12.9. The second-order valence-corrected chi connectivity index (χ2v) is 3.56. The minimum absolute atomic E-state index is 0.0763. The highest BCUT2D eigenvalue weighted by Crippen LogP contribution is 2.11. The topological polar surface area (TPSA) is 40.5 Å². The van der Waals surface area contributed by atoms with Crippen molar-refractivity contribution in [2.75, 3.05) is 13.1 Å². The molecule has 0 aromatic rings. The summed E-state index contributed by atoms with van der Waals surface area (Å²) in [5.41, 5.74) is 0. The molecule has 14 heavy (non-hydrogen) atoms. The molecule has 0 fully saturated rings. The molecule has 1 unspecified atom stereocenters. The number of aliphatic carboxylic acids is 1. The van der Waals surface area contributed by atoms with Crippen LogP contribution in [-0.4, -0.2) is 35.1 Å². The van der Waals surface area contributed by atoms with E-state index >= 15 is 0 Å². The van der Waals surface area contributed by atoms with Gasteiger partial charge in [-0.3, -0.25) is 9.69 Å². The van der Waals surface area contributed by atoms with Gasteiger partial charge >= 0.3 is 5.97 Å². The average molecular weight is 197 g/mol.